The number of pyridine rings is 1. The van der Waals surface area contributed by atoms with Crippen LogP contribution in [0.4, 0.5) is 4.39 Å². The van der Waals surface area contributed by atoms with Gasteiger partial charge in [-0.3, -0.25) is 9.67 Å². The highest BCUT2D eigenvalue weighted by molar-refractivity contribution is 5.55. The Kier molecular flexibility index (Phi) is 2.97. The van der Waals surface area contributed by atoms with Gasteiger partial charge in [0.1, 0.15) is 23.8 Å². The number of nitrogens with zero attached hydrogens (tertiary/aromatic N) is 5. The number of halogens is 1. The average molecular weight is 269 g/mol. The highest BCUT2D eigenvalue weighted by Gasteiger charge is 2.14. The quantitative estimate of drug-likeness (QED) is 0.726. The van der Waals surface area contributed by atoms with Crippen LogP contribution in [-0.2, 0) is 6.54 Å². The van der Waals surface area contributed by atoms with E-state index in [2.05, 4.69) is 15.2 Å². The topological polar surface area (TPSA) is 80.5 Å². The lowest BCUT2D eigenvalue weighted by molar-refractivity contribution is 0.421. The van der Waals surface area contributed by atoms with Gasteiger partial charge < -0.3 is 4.52 Å². The summed E-state index contributed by atoms with van der Waals surface area (Å²) >= 11 is 0. The lowest BCUT2D eigenvalue weighted by Gasteiger charge is -2.05. The predicted molar refractivity (Wildman–Crippen MR) is 65.7 cm³/mol. The van der Waals surface area contributed by atoms with Crippen molar-refractivity contribution in [3.05, 3.63) is 53.9 Å². The van der Waals surface area contributed by atoms with E-state index in [1.165, 1.54) is 29.3 Å². The first-order valence-corrected chi connectivity index (χ1v) is 5.76. The van der Waals surface area contributed by atoms with Gasteiger partial charge in [-0.05, 0) is 12.1 Å². The highest BCUT2D eigenvalue weighted by Crippen LogP contribution is 2.19. The van der Waals surface area contributed by atoms with Gasteiger partial charge in [0.05, 0.1) is 17.9 Å². The van der Waals surface area contributed by atoms with Gasteiger partial charge in [-0.2, -0.15) is 10.4 Å². The van der Waals surface area contributed by atoms with Crippen molar-refractivity contribution >= 4 is 0 Å². The van der Waals surface area contributed by atoms with Crippen LogP contribution >= 0.6 is 0 Å². The lowest BCUT2D eigenvalue weighted by Crippen LogP contribution is -2.07. The molecular formula is C13H8FN5O. The SMILES string of the molecule is N#Cc1cc(-c2ccon2)n(Cc2ncccc2F)n1. The molecule has 0 fully saturated rings. The summed E-state index contributed by atoms with van der Waals surface area (Å²) in [5, 5.41) is 16.8. The molecule has 3 heterocycles. The third-order valence-electron chi connectivity index (χ3n) is 2.73. The molecule has 3 aromatic rings. The van der Waals surface area contributed by atoms with Crippen LogP contribution < -0.4 is 0 Å². The molecule has 3 aromatic heterocycles. The van der Waals surface area contributed by atoms with Gasteiger partial charge in [-0.25, -0.2) is 4.39 Å². The predicted octanol–water partition coefficient (Wildman–Crippen LogP) is 1.99. The molecule has 0 spiro atoms. The van der Waals surface area contributed by atoms with Crippen molar-refractivity contribution in [1.29, 1.82) is 5.26 Å². The molecule has 0 aliphatic carbocycles. The van der Waals surface area contributed by atoms with Gasteiger partial charge in [0.25, 0.3) is 0 Å². The number of nitriles is 1. The molecule has 98 valence electrons. The monoisotopic (exact) mass is 269 g/mol. The first kappa shape index (κ1) is 12.0. The van der Waals surface area contributed by atoms with Gasteiger partial charge >= 0.3 is 0 Å². The molecular weight excluding hydrogens is 261 g/mol. The van der Waals surface area contributed by atoms with E-state index in [1.807, 2.05) is 6.07 Å². The second-order valence-corrected chi connectivity index (χ2v) is 4.00. The molecule has 20 heavy (non-hydrogen) atoms. The van der Waals surface area contributed by atoms with Gasteiger partial charge in [-0.1, -0.05) is 5.16 Å². The maximum Gasteiger partial charge on any atom is 0.163 e. The van der Waals surface area contributed by atoms with E-state index in [9.17, 15) is 4.39 Å². The minimum Gasteiger partial charge on any atom is -0.364 e. The number of rotatable bonds is 3. The summed E-state index contributed by atoms with van der Waals surface area (Å²) in [4.78, 5) is 3.97. The van der Waals surface area contributed by atoms with E-state index in [1.54, 1.807) is 12.1 Å². The molecule has 0 aromatic carbocycles. The Morgan fingerprint density at radius 1 is 1.40 bits per heavy atom. The van der Waals surface area contributed by atoms with Crippen LogP contribution in [0, 0.1) is 17.1 Å². The Labute approximate surface area is 113 Å². The minimum absolute atomic E-state index is 0.108. The standard InChI is InChI=1S/C13H8FN5O/c14-10-2-1-4-16-12(10)8-19-13(6-9(7-15)17-19)11-3-5-20-18-11/h1-6H,8H2. The molecule has 0 atom stereocenters. The zero-order valence-corrected chi connectivity index (χ0v) is 10.2. The van der Waals surface area contributed by atoms with Crippen molar-refractivity contribution in [1.82, 2.24) is 19.9 Å². The summed E-state index contributed by atoms with van der Waals surface area (Å²) in [5.74, 6) is -0.424. The van der Waals surface area contributed by atoms with Crippen molar-refractivity contribution in [3.63, 3.8) is 0 Å². The van der Waals surface area contributed by atoms with E-state index in [-0.39, 0.29) is 17.9 Å². The summed E-state index contributed by atoms with van der Waals surface area (Å²) in [6, 6.07) is 8.00. The molecule has 0 bridgehead atoms. The van der Waals surface area contributed by atoms with Crippen molar-refractivity contribution in [2.24, 2.45) is 0 Å². The normalized spacial score (nSPS) is 10.4. The fourth-order valence-electron chi connectivity index (χ4n) is 1.82. The summed E-state index contributed by atoms with van der Waals surface area (Å²) in [6.45, 7) is 0.108. The second-order valence-electron chi connectivity index (χ2n) is 4.00. The smallest absolute Gasteiger partial charge is 0.163 e. The molecule has 6 nitrogen and oxygen atoms in total. The Morgan fingerprint density at radius 3 is 3.00 bits per heavy atom. The lowest BCUT2D eigenvalue weighted by atomic mass is 10.2. The molecule has 0 saturated carbocycles. The Hall–Kier alpha value is -3.01. The highest BCUT2D eigenvalue weighted by atomic mass is 19.1. The first-order chi connectivity index (χ1) is 9.78. The van der Waals surface area contributed by atoms with E-state index in [4.69, 9.17) is 9.78 Å². The molecule has 0 saturated heterocycles. The van der Waals surface area contributed by atoms with Crippen LogP contribution in [0.3, 0.4) is 0 Å². The number of hydrogen-bond acceptors (Lipinski definition) is 5. The Bertz CT molecular complexity index is 772. The fraction of sp³-hybridized carbons (Fsp3) is 0.0769. The number of aromatic nitrogens is 4. The Morgan fingerprint density at radius 2 is 2.30 bits per heavy atom. The summed E-state index contributed by atoms with van der Waals surface area (Å²) in [5.41, 5.74) is 1.56. The molecule has 0 aliphatic rings. The third-order valence-corrected chi connectivity index (χ3v) is 2.73. The van der Waals surface area contributed by atoms with Crippen LogP contribution in [0.25, 0.3) is 11.4 Å². The molecule has 0 unspecified atom stereocenters. The summed E-state index contributed by atoms with van der Waals surface area (Å²) in [6.07, 6.45) is 2.92. The maximum absolute atomic E-state index is 13.6. The molecule has 0 aliphatic heterocycles. The molecule has 0 amide bonds. The van der Waals surface area contributed by atoms with E-state index in [0.29, 0.717) is 11.4 Å². The van der Waals surface area contributed by atoms with Gasteiger partial charge in [0.15, 0.2) is 5.69 Å². The first-order valence-electron chi connectivity index (χ1n) is 5.76. The van der Waals surface area contributed by atoms with E-state index >= 15 is 0 Å². The zero-order valence-electron chi connectivity index (χ0n) is 10.2. The van der Waals surface area contributed by atoms with Gasteiger partial charge in [-0.15, -0.1) is 0 Å². The summed E-state index contributed by atoms with van der Waals surface area (Å²) in [7, 11) is 0. The molecule has 0 N–H and O–H groups in total. The largest absolute Gasteiger partial charge is 0.364 e. The van der Waals surface area contributed by atoms with Crippen LogP contribution in [-0.4, -0.2) is 19.9 Å². The van der Waals surface area contributed by atoms with Crippen molar-refractivity contribution < 1.29 is 8.91 Å². The third kappa shape index (κ3) is 2.14. The van der Waals surface area contributed by atoms with E-state index < -0.39 is 5.82 Å². The summed E-state index contributed by atoms with van der Waals surface area (Å²) < 4.78 is 19.9. The minimum atomic E-state index is -0.424. The van der Waals surface area contributed by atoms with Crippen molar-refractivity contribution in [2.45, 2.75) is 6.54 Å². The van der Waals surface area contributed by atoms with Crippen LogP contribution in [0.2, 0.25) is 0 Å². The van der Waals surface area contributed by atoms with Crippen molar-refractivity contribution in [3.8, 4) is 17.5 Å². The van der Waals surface area contributed by atoms with Crippen LogP contribution in [0.1, 0.15) is 11.4 Å². The van der Waals surface area contributed by atoms with Gasteiger partial charge in [0, 0.05) is 18.3 Å². The van der Waals surface area contributed by atoms with Crippen molar-refractivity contribution in [2.75, 3.05) is 0 Å². The Balaban J connectivity index is 2.04. The van der Waals surface area contributed by atoms with E-state index in [0.717, 1.165) is 0 Å². The fourth-order valence-corrected chi connectivity index (χ4v) is 1.82. The average Bonchev–Trinajstić information content (AvgIpc) is 3.10. The van der Waals surface area contributed by atoms with Gasteiger partial charge in [0.2, 0.25) is 0 Å². The van der Waals surface area contributed by atoms with Crippen LogP contribution in [0.5, 0.6) is 0 Å². The second kappa shape index (κ2) is 4.93. The number of hydrogen-bond donors (Lipinski definition) is 0. The molecule has 3 rings (SSSR count). The molecule has 7 heteroatoms. The van der Waals surface area contributed by atoms with Crippen LogP contribution in [0.15, 0.2) is 41.2 Å². The zero-order chi connectivity index (χ0) is 13.9. The molecule has 0 radical (unpaired) electrons. The maximum atomic E-state index is 13.6.